The summed E-state index contributed by atoms with van der Waals surface area (Å²) >= 11 is 5.75. The number of aryl methyl sites for hydroxylation is 2. The maximum Gasteiger partial charge on any atom is 0.253 e. The predicted molar refractivity (Wildman–Crippen MR) is 102 cm³/mol. The van der Waals surface area contributed by atoms with Gasteiger partial charge in [0, 0.05) is 30.5 Å². The Kier molecular flexibility index (Phi) is 6.10. The first-order chi connectivity index (χ1) is 12.9. The predicted octanol–water partition coefficient (Wildman–Crippen LogP) is 5.15. The summed E-state index contributed by atoms with van der Waals surface area (Å²) in [4.78, 5) is 18.5. The summed E-state index contributed by atoms with van der Waals surface area (Å²) in [5.74, 6) is -0.791. The van der Waals surface area contributed by atoms with E-state index in [1.807, 2.05) is 25.3 Å². The summed E-state index contributed by atoms with van der Waals surface area (Å²) in [5, 5.41) is -0.0811. The molecule has 0 unspecified atom stereocenters. The van der Waals surface area contributed by atoms with Gasteiger partial charge in [-0.3, -0.25) is 9.78 Å². The highest BCUT2D eigenvalue weighted by atomic mass is 35.5. The van der Waals surface area contributed by atoms with Crippen molar-refractivity contribution in [2.45, 2.75) is 44.7 Å². The van der Waals surface area contributed by atoms with Crippen LogP contribution in [0.15, 0.2) is 36.5 Å². The van der Waals surface area contributed by atoms with Crippen LogP contribution >= 0.6 is 11.6 Å². The van der Waals surface area contributed by atoms with E-state index in [0.29, 0.717) is 37.9 Å². The third-order valence-electron chi connectivity index (χ3n) is 5.14. The lowest BCUT2D eigenvalue weighted by molar-refractivity contribution is 0.0389. The number of likely N-dealkylation sites (tertiary alicyclic amines) is 1. The second kappa shape index (κ2) is 8.34. The lowest BCUT2D eigenvalue weighted by atomic mass is 9.87. The number of carbonyl (C=O) groups is 1. The van der Waals surface area contributed by atoms with Crippen LogP contribution in [-0.4, -0.2) is 34.5 Å². The Balaban J connectivity index is 1.50. The van der Waals surface area contributed by atoms with Gasteiger partial charge >= 0.3 is 0 Å². The second-order valence-corrected chi connectivity index (χ2v) is 7.66. The van der Waals surface area contributed by atoms with Gasteiger partial charge in [-0.2, -0.15) is 0 Å². The van der Waals surface area contributed by atoms with Crippen molar-refractivity contribution in [3.8, 4) is 0 Å². The molecule has 3 nitrogen and oxygen atoms in total. The number of carbonyl (C=O) groups excluding carboxylic acids is 1. The molecule has 0 radical (unpaired) electrons. The van der Waals surface area contributed by atoms with Gasteiger partial charge < -0.3 is 4.90 Å². The van der Waals surface area contributed by atoms with Gasteiger partial charge in [0.05, 0.1) is 5.02 Å². The summed E-state index contributed by atoms with van der Waals surface area (Å²) < 4.78 is 28.3. The average molecular weight is 392 g/mol. The molecule has 27 heavy (non-hydrogen) atoms. The Morgan fingerprint density at radius 2 is 2.00 bits per heavy atom. The summed E-state index contributed by atoms with van der Waals surface area (Å²) in [6, 6.07) is 7.91. The highest BCUT2D eigenvalue weighted by Gasteiger charge is 2.35. The fourth-order valence-corrected chi connectivity index (χ4v) is 3.59. The molecule has 1 aromatic heterocycles. The number of aromatic nitrogens is 1. The van der Waals surface area contributed by atoms with E-state index < -0.39 is 11.5 Å². The highest BCUT2D eigenvalue weighted by molar-refractivity contribution is 6.31. The summed E-state index contributed by atoms with van der Waals surface area (Å²) in [6.45, 7) is 2.70. The molecule has 0 aliphatic carbocycles. The van der Waals surface area contributed by atoms with E-state index in [2.05, 4.69) is 4.98 Å². The SMILES string of the molecule is Cc1ccc(CCCC2(F)CCN(C(=O)c3ccc([18F])c(Cl)c3)CC2)nc1. The Morgan fingerprint density at radius 1 is 1.26 bits per heavy atom. The lowest BCUT2D eigenvalue weighted by Gasteiger charge is -2.36. The molecule has 1 aliphatic heterocycles. The first kappa shape index (κ1) is 19.7. The summed E-state index contributed by atoms with van der Waals surface area (Å²) in [7, 11) is 0. The number of benzene rings is 1. The highest BCUT2D eigenvalue weighted by Crippen LogP contribution is 2.32. The van der Waals surface area contributed by atoms with Crippen LogP contribution in [-0.2, 0) is 6.42 Å². The van der Waals surface area contributed by atoms with Crippen LogP contribution in [0.3, 0.4) is 0 Å². The number of hydrogen-bond acceptors (Lipinski definition) is 2. The second-order valence-electron chi connectivity index (χ2n) is 7.25. The van der Waals surface area contributed by atoms with Crippen LogP contribution in [0.5, 0.6) is 0 Å². The fourth-order valence-electron chi connectivity index (χ4n) is 3.40. The zero-order valence-corrected chi connectivity index (χ0v) is 16.1. The molecule has 0 N–H and O–H groups in total. The summed E-state index contributed by atoms with van der Waals surface area (Å²) in [6.07, 6.45) is 4.40. The van der Waals surface area contributed by atoms with Crippen LogP contribution in [0, 0.1) is 12.7 Å². The monoisotopic (exact) mass is 391 g/mol. The van der Waals surface area contributed by atoms with Crippen molar-refractivity contribution in [2.75, 3.05) is 13.1 Å². The number of pyridine rings is 1. The molecule has 3 rings (SSSR count). The number of nitrogens with zero attached hydrogens (tertiary/aromatic N) is 2. The maximum atomic E-state index is 15.1. The normalized spacial score (nSPS) is 16.4. The Bertz CT molecular complexity index is 802. The van der Waals surface area contributed by atoms with Crippen molar-refractivity contribution in [1.29, 1.82) is 0 Å². The number of halogens is 3. The first-order valence-corrected chi connectivity index (χ1v) is 9.59. The van der Waals surface area contributed by atoms with Crippen molar-refractivity contribution in [1.82, 2.24) is 9.88 Å². The van der Waals surface area contributed by atoms with Gasteiger partial charge in [0.1, 0.15) is 11.5 Å². The average Bonchev–Trinajstić information content (AvgIpc) is 2.66. The Morgan fingerprint density at radius 3 is 2.63 bits per heavy atom. The standard InChI is InChI=1S/C21H23ClF2N2O/c1-15-4-6-17(25-14-15)3-2-8-21(24)9-11-26(12-10-21)20(27)16-5-7-19(23)18(22)13-16/h4-7,13-14H,2-3,8-12H2,1H3/i23-1. The molecule has 2 heterocycles. The topological polar surface area (TPSA) is 33.2 Å². The maximum absolute atomic E-state index is 15.1. The van der Waals surface area contributed by atoms with E-state index >= 15 is 4.39 Å². The molecule has 2 aromatic rings. The van der Waals surface area contributed by atoms with Gasteiger partial charge in [0.2, 0.25) is 0 Å². The van der Waals surface area contributed by atoms with E-state index in [9.17, 15) is 9.18 Å². The molecular formula is C21H23ClF2N2O. The molecule has 1 fully saturated rings. The van der Waals surface area contributed by atoms with Gasteiger partial charge in [0.25, 0.3) is 5.91 Å². The van der Waals surface area contributed by atoms with E-state index in [-0.39, 0.29) is 10.9 Å². The zero-order chi connectivity index (χ0) is 19.4. The van der Waals surface area contributed by atoms with Crippen molar-refractivity contribution in [3.63, 3.8) is 0 Å². The van der Waals surface area contributed by atoms with Crippen LogP contribution in [0.2, 0.25) is 5.02 Å². The minimum Gasteiger partial charge on any atom is -0.338 e. The molecule has 0 atom stereocenters. The van der Waals surface area contributed by atoms with Crippen molar-refractivity contribution in [2.24, 2.45) is 0 Å². The van der Waals surface area contributed by atoms with Crippen molar-refractivity contribution < 1.29 is 13.6 Å². The number of amides is 1. The molecule has 6 heteroatoms. The van der Waals surface area contributed by atoms with Crippen LogP contribution in [0.4, 0.5) is 8.78 Å². The Labute approximate surface area is 163 Å². The van der Waals surface area contributed by atoms with Gasteiger partial charge in [-0.15, -0.1) is 0 Å². The van der Waals surface area contributed by atoms with Crippen molar-refractivity contribution >= 4 is 17.5 Å². The minimum atomic E-state index is -1.25. The van der Waals surface area contributed by atoms with Gasteiger partial charge in [-0.05, 0) is 68.9 Å². The minimum absolute atomic E-state index is 0.0811. The molecule has 0 bridgehead atoms. The van der Waals surface area contributed by atoms with Crippen molar-refractivity contribution in [3.05, 3.63) is 64.2 Å². The fraction of sp³-hybridized carbons (Fsp3) is 0.429. The number of hydrogen-bond donors (Lipinski definition) is 0. The number of rotatable bonds is 5. The molecule has 1 aliphatic rings. The molecule has 1 amide bonds. The first-order valence-electron chi connectivity index (χ1n) is 9.21. The number of alkyl halides is 1. The smallest absolute Gasteiger partial charge is 0.253 e. The van der Waals surface area contributed by atoms with Crippen LogP contribution in [0.1, 0.15) is 47.3 Å². The van der Waals surface area contributed by atoms with Crippen LogP contribution < -0.4 is 0 Å². The van der Waals surface area contributed by atoms with Gasteiger partial charge in [-0.25, -0.2) is 8.78 Å². The molecule has 0 saturated carbocycles. The molecule has 1 saturated heterocycles. The largest absolute Gasteiger partial charge is 0.338 e. The van der Waals surface area contributed by atoms with Gasteiger partial charge in [0.15, 0.2) is 0 Å². The third kappa shape index (κ3) is 5.04. The van der Waals surface area contributed by atoms with Gasteiger partial charge in [-0.1, -0.05) is 17.7 Å². The molecular weight excluding hydrogens is 369 g/mol. The third-order valence-corrected chi connectivity index (χ3v) is 5.43. The molecule has 0 spiro atoms. The molecule has 1 aromatic carbocycles. The molecule has 144 valence electrons. The van der Waals surface area contributed by atoms with E-state index in [1.54, 1.807) is 4.90 Å². The lowest BCUT2D eigenvalue weighted by Crippen LogP contribution is -2.44. The number of piperidine rings is 1. The summed E-state index contributed by atoms with van der Waals surface area (Å²) in [5.41, 5.74) is 1.17. The van der Waals surface area contributed by atoms with E-state index in [0.717, 1.165) is 24.1 Å². The quantitative estimate of drug-likeness (QED) is 0.706. The van der Waals surface area contributed by atoms with E-state index in [1.165, 1.54) is 18.2 Å². The zero-order valence-electron chi connectivity index (χ0n) is 15.4. The Hall–Kier alpha value is -2.01. The van der Waals surface area contributed by atoms with E-state index in [4.69, 9.17) is 11.6 Å². The van der Waals surface area contributed by atoms with Crippen LogP contribution in [0.25, 0.3) is 0 Å².